The zero-order valence-corrected chi connectivity index (χ0v) is 11.4. The lowest BCUT2D eigenvalue weighted by Crippen LogP contribution is -2.27. The summed E-state index contributed by atoms with van der Waals surface area (Å²) in [6.45, 7) is 1.03. The van der Waals surface area contributed by atoms with Gasteiger partial charge >= 0.3 is 0 Å². The fraction of sp³-hybridized carbons (Fsp3) is 0.571. The summed E-state index contributed by atoms with van der Waals surface area (Å²) in [5.74, 6) is 0. The smallest absolute Gasteiger partial charge is 0.0655 e. The normalized spacial score (nSPS) is 22.0. The SMILES string of the molecule is Clc1cc(Cl)c2c(c1)C1(CCCCCC1)CN2. The van der Waals surface area contributed by atoms with E-state index < -0.39 is 0 Å². The molecule has 0 amide bonds. The maximum Gasteiger partial charge on any atom is 0.0655 e. The van der Waals surface area contributed by atoms with E-state index in [2.05, 4.69) is 11.4 Å². The predicted molar refractivity (Wildman–Crippen MR) is 74.3 cm³/mol. The molecule has 0 saturated heterocycles. The molecule has 0 radical (unpaired) electrons. The zero-order chi connectivity index (χ0) is 11.9. The highest BCUT2D eigenvalue weighted by Gasteiger charge is 2.39. The van der Waals surface area contributed by atoms with Gasteiger partial charge in [0.15, 0.2) is 0 Å². The monoisotopic (exact) mass is 269 g/mol. The lowest BCUT2D eigenvalue weighted by molar-refractivity contribution is 0.408. The van der Waals surface area contributed by atoms with Crippen molar-refractivity contribution in [3.63, 3.8) is 0 Å². The Bertz CT molecular complexity index is 434. The highest BCUT2D eigenvalue weighted by molar-refractivity contribution is 6.36. The van der Waals surface area contributed by atoms with Crippen LogP contribution in [0.25, 0.3) is 0 Å². The zero-order valence-electron chi connectivity index (χ0n) is 9.86. The Balaban J connectivity index is 2.07. The number of halogens is 2. The number of hydrogen-bond acceptors (Lipinski definition) is 1. The fourth-order valence-electron chi connectivity index (χ4n) is 3.38. The number of hydrogen-bond donors (Lipinski definition) is 1. The van der Waals surface area contributed by atoms with Crippen LogP contribution in [0.1, 0.15) is 44.1 Å². The molecule has 1 N–H and O–H groups in total. The van der Waals surface area contributed by atoms with E-state index in [-0.39, 0.29) is 0 Å². The Kier molecular flexibility index (Phi) is 3.00. The van der Waals surface area contributed by atoms with Gasteiger partial charge in [-0.05, 0) is 30.5 Å². The summed E-state index contributed by atoms with van der Waals surface area (Å²) in [6, 6.07) is 3.96. The van der Waals surface area contributed by atoms with Gasteiger partial charge in [0, 0.05) is 17.0 Å². The minimum absolute atomic E-state index is 0.292. The molecule has 92 valence electrons. The number of nitrogens with one attached hydrogen (secondary N) is 1. The quantitative estimate of drug-likeness (QED) is 0.698. The first kappa shape index (κ1) is 11.7. The van der Waals surface area contributed by atoms with Gasteiger partial charge in [0.1, 0.15) is 0 Å². The summed E-state index contributed by atoms with van der Waals surface area (Å²) >= 11 is 12.4. The van der Waals surface area contributed by atoms with E-state index >= 15 is 0 Å². The molecule has 1 fully saturated rings. The summed E-state index contributed by atoms with van der Waals surface area (Å²) in [5.41, 5.74) is 2.77. The van der Waals surface area contributed by atoms with Crippen LogP contribution in [0.3, 0.4) is 0 Å². The van der Waals surface area contributed by atoms with Gasteiger partial charge in [-0.3, -0.25) is 0 Å². The van der Waals surface area contributed by atoms with Gasteiger partial charge in [-0.1, -0.05) is 48.9 Å². The first-order valence-electron chi connectivity index (χ1n) is 6.45. The molecule has 1 aliphatic heterocycles. The lowest BCUT2D eigenvalue weighted by atomic mass is 9.76. The van der Waals surface area contributed by atoms with Crippen molar-refractivity contribution < 1.29 is 0 Å². The molecule has 0 aromatic heterocycles. The van der Waals surface area contributed by atoms with E-state index in [1.807, 2.05) is 6.07 Å². The highest BCUT2D eigenvalue weighted by Crippen LogP contribution is 2.48. The van der Waals surface area contributed by atoms with Crippen molar-refractivity contribution in [2.75, 3.05) is 11.9 Å². The van der Waals surface area contributed by atoms with E-state index in [1.54, 1.807) is 0 Å². The minimum atomic E-state index is 0.292. The van der Waals surface area contributed by atoms with Crippen molar-refractivity contribution in [1.29, 1.82) is 0 Å². The average molecular weight is 270 g/mol. The van der Waals surface area contributed by atoms with E-state index in [9.17, 15) is 0 Å². The van der Waals surface area contributed by atoms with Crippen molar-refractivity contribution in [2.45, 2.75) is 43.9 Å². The molecule has 0 unspecified atom stereocenters. The van der Waals surface area contributed by atoms with Crippen LogP contribution in [0, 0.1) is 0 Å². The average Bonchev–Trinajstić information content (AvgIpc) is 2.49. The van der Waals surface area contributed by atoms with Crippen molar-refractivity contribution in [3.05, 3.63) is 27.7 Å². The van der Waals surface area contributed by atoms with Gasteiger partial charge < -0.3 is 5.32 Å². The van der Waals surface area contributed by atoms with Gasteiger partial charge in [-0.2, -0.15) is 0 Å². The molecular weight excluding hydrogens is 253 g/mol. The third-order valence-corrected chi connectivity index (χ3v) is 4.81. The molecule has 17 heavy (non-hydrogen) atoms. The third kappa shape index (κ3) is 1.94. The maximum absolute atomic E-state index is 6.27. The number of rotatable bonds is 0. The van der Waals surface area contributed by atoms with Crippen LogP contribution in [-0.4, -0.2) is 6.54 Å². The molecule has 2 aliphatic rings. The molecule has 1 aromatic carbocycles. The molecule has 1 heterocycles. The van der Waals surface area contributed by atoms with Crippen LogP contribution in [0.15, 0.2) is 12.1 Å². The molecular formula is C14H17Cl2N. The summed E-state index contributed by atoms with van der Waals surface area (Å²) < 4.78 is 0. The molecule has 1 spiro atoms. The van der Waals surface area contributed by atoms with Crippen LogP contribution in [0.2, 0.25) is 10.0 Å². The predicted octanol–water partition coefficient (Wildman–Crippen LogP) is 5.01. The second-order valence-electron chi connectivity index (χ2n) is 5.36. The Hall–Kier alpha value is -0.400. The number of fused-ring (bicyclic) bond motifs is 2. The molecule has 1 nitrogen and oxygen atoms in total. The molecule has 0 bridgehead atoms. The van der Waals surface area contributed by atoms with Gasteiger partial charge in [-0.25, -0.2) is 0 Å². The second kappa shape index (κ2) is 4.37. The fourth-order valence-corrected chi connectivity index (χ4v) is 3.94. The van der Waals surface area contributed by atoms with Crippen molar-refractivity contribution in [2.24, 2.45) is 0 Å². The first-order valence-corrected chi connectivity index (χ1v) is 7.20. The van der Waals surface area contributed by atoms with Gasteiger partial charge in [0.05, 0.1) is 10.7 Å². The Morgan fingerprint density at radius 1 is 1.00 bits per heavy atom. The molecule has 1 saturated carbocycles. The van der Waals surface area contributed by atoms with Gasteiger partial charge in [-0.15, -0.1) is 0 Å². The van der Waals surface area contributed by atoms with Crippen molar-refractivity contribution >= 4 is 28.9 Å². The Labute approximate surface area is 112 Å². The molecule has 1 aliphatic carbocycles. The minimum Gasteiger partial charge on any atom is -0.383 e. The van der Waals surface area contributed by atoms with E-state index in [0.717, 1.165) is 22.3 Å². The maximum atomic E-state index is 6.27. The Morgan fingerprint density at radius 3 is 2.41 bits per heavy atom. The molecule has 1 aromatic rings. The number of benzene rings is 1. The standard InChI is InChI=1S/C14H17Cl2N/c15-10-7-11-13(12(16)8-10)17-9-14(11)5-3-1-2-4-6-14/h7-8,17H,1-6,9H2. The van der Waals surface area contributed by atoms with Crippen LogP contribution < -0.4 is 5.32 Å². The van der Waals surface area contributed by atoms with Crippen LogP contribution >= 0.6 is 23.2 Å². The van der Waals surface area contributed by atoms with Crippen LogP contribution in [-0.2, 0) is 5.41 Å². The van der Waals surface area contributed by atoms with Crippen molar-refractivity contribution in [3.8, 4) is 0 Å². The summed E-state index contributed by atoms with van der Waals surface area (Å²) in [6.07, 6.45) is 7.92. The molecule has 3 heteroatoms. The lowest BCUT2D eigenvalue weighted by Gasteiger charge is -2.27. The summed E-state index contributed by atoms with van der Waals surface area (Å²) in [4.78, 5) is 0. The largest absolute Gasteiger partial charge is 0.383 e. The third-order valence-electron chi connectivity index (χ3n) is 4.29. The van der Waals surface area contributed by atoms with Gasteiger partial charge in [0.25, 0.3) is 0 Å². The van der Waals surface area contributed by atoms with E-state index in [1.165, 1.54) is 44.1 Å². The van der Waals surface area contributed by atoms with Gasteiger partial charge in [0.2, 0.25) is 0 Å². The highest BCUT2D eigenvalue weighted by atomic mass is 35.5. The van der Waals surface area contributed by atoms with Crippen LogP contribution in [0.4, 0.5) is 5.69 Å². The summed E-state index contributed by atoms with van der Waals surface area (Å²) in [5, 5.41) is 5.03. The van der Waals surface area contributed by atoms with E-state index in [0.29, 0.717) is 5.41 Å². The second-order valence-corrected chi connectivity index (χ2v) is 6.20. The summed E-state index contributed by atoms with van der Waals surface area (Å²) in [7, 11) is 0. The first-order chi connectivity index (χ1) is 8.21. The van der Waals surface area contributed by atoms with E-state index in [4.69, 9.17) is 23.2 Å². The van der Waals surface area contributed by atoms with Crippen LogP contribution in [0.5, 0.6) is 0 Å². The van der Waals surface area contributed by atoms with Crippen molar-refractivity contribution in [1.82, 2.24) is 0 Å². The molecule has 0 atom stereocenters. The topological polar surface area (TPSA) is 12.0 Å². The Morgan fingerprint density at radius 2 is 1.71 bits per heavy atom. The molecule has 3 rings (SSSR count). The number of anilines is 1.